The van der Waals surface area contributed by atoms with Crippen LogP contribution in [0, 0.1) is 0 Å². The minimum absolute atomic E-state index is 0.243. The molecule has 60 valence electrons. The molecule has 0 bridgehead atoms. The first-order valence-electron chi connectivity index (χ1n) is 3.53. The van der Waals surface area contributed by atoms with E-state index in [1.165, 1.54) is 0 Å². The highest BCUT2D eigenvalue weighted by Gasteiger charge is 1.95. The molecule has 0 aromatic carbocycles. The van der Waals surface area contributed by atoms with Crippen molar-refractivity contribution >= 4 is 5.91 Å². The van der Waals surface area contributed by atoms with Crippen LogP contribution in [-0.2, 0) is 9.53 Å². The maximum atomic E-state index is 10.2. The van der Waals surface area contributed by atoms with Gasteiger partial charge in [0.1, 0.15) is 0 Å². The van der Waals surface area contributed by atoms with Crippen molar-refractivity contribution in [2.45, 2.75) is 32.8 Å². The highest BCUT2D eigenvalue weighted by Crippen LogP contribution is 1.92. The maximum Gasteiger partial charge on any atom is 0.217 e. The lowest BCUT2D eigenvalue weighted by atomic mass is 10.3. The summed E-state index contributed by atoms with van der Waals surface area (Å²) < 4.78 is 5.18. The van der Waals surface area contributed by atoms with E-state index in [0.29, 0.717) is 13.0 Å². The number of primary amides is 1. The first-order chi connectivity index (χ1) is 4.63. The monoisotopic (exact) mass is 145 g/mol. The normalized spacial score (nSPS) is 10.3. The molecule has 0 saturated heterocycles. The Morgan fingerprint density at radius 3 is 2.60 bits per heavy atom. The van der Waals surface area contributed by atoms with E-state index >= 15 is 0 Å². The van der Waals surface area contributed by atoms with Gasteiger partial charge in [-0.2, -0.15) is 0 Å². The summed E-state index contributed by atoms with van der Waals surface area (Å²) >= 11 is 0. The average molecular weight is 145 g/mol. The van der Waals surface area contributed by atoms with E-state index in [9.17, 15) is 4.79 Å². The molecule has 0 aliphatic heterocycles. The summed E-state index contributed by atoms with van der Waals surface area (Å²) in [6.45, 7) is 4.55. The fourth-order valence-electron chi connectivity index (χ4n) is 0.565. The molecule has 0 atom stereocenters. The lowest BCUT2D eigenvalue weighted by Crippen LogP contribution is -2.12. The smallest absolute Gasteiger partial charge is 0.217 e. The number of ether oxygens (including phenoxy) is 1. The molecule has 0 unspecified atom stereocenters. The third-order valence-electron chi connectivity index (χ3n) is 1.02. The molecule has 0 aliphatic rings. The minimum atomic E-state index is -0.257. The van der Waals surface area contributed by atoms with E-state index in [0.717, 1.165) is 6.42 Å². The molecule has 0 fully saturated rings. The van der Waals surface area contributed by atoms with Gasteiger partial charge in [0.05, 0.1) is 6.10 Å². The predicted octanol–water partition coefficient (Wildman–Crippen LogP) is 0.677. The highest BCUT2D eigenvalue weighted by atomic mass is 16.5. The zero-order valence-electron chi connectivity index (χ0n) is 6.59. The first-order valence-corrected chi connectivity index (χ1v) is 3.53. The molecule has 0 radical (unpaired) electrons. The third-order valence-corrected chi connectivity index (χ3v) is 1.02. The van der Waals surface area contributed by atoms with Crippen molar-refractivity contribution in [3.8, 4) is 0 Å². The summed E-state index contributed by atoms with van der Waals surface area (Å²) in [5.74, 6) is -0.257. The van der Waals surface area contributed by atoms with Gasteiger partial charge in [-0.05, 0) is 20.3 Å². The molecule has 0 aromatic heterocycles. The van der Waals surface area contributed by atoms with Gasteiger partial charge in [0.15, 0.2) is 0 Å². The van der Waals surface area contributed by atoms with Crippen LogP contribution >= 0.6 is 0 Å². The molecule has 3 nitrogen and oxygen atoms in total. The molecule has 2 N–H and O–H groups in total. The number of hydrogen-bond acceptors (Lipinski definition) is 2. The Kier molecular flexibility index (Phi) is 4.94. The molecular weight excluding hydrogens is 130 g/mol. The zero-order valence-corrected chi connectivity index (χ0v) is 6.59. The Labute approximate surface area is 61.5 Å². The average Bonchev–Trinajstić information content (AvgIpc) is 1.79. The lowest BCUT2D eigenvalue weighted by molar-refractivity contribution is -0.118. The highest BCUT2D eigenvalue weighted by molar-refractivity contribution is 5.73. The number of amides is 1. The van der Waals surface area contributed by atoms with Gasteiger partial charge in [0.2, 0.25) is 5.91 Å². The van der Waals surface area contributed by atoms with E-state index in [1.807, 2.05) is 13.8 Å². The number of rotatable bonds is 5. The zero-order chi connectivity index (χ0) is 7.98. The fourth-order valence-corrected chi connectivity index (χ4v) is 0.565. The number of carbonyl (C=O) groups is 1. The number of carbonyl (C=O) groups excluding carboxylic acids is 1. The molecule has 0 saturated carbocycles. The van der Waals surface area contributed by atoms with Gasteiger partial charge in [-0.15, -0.1) is 0 Å². The van der Waals surface area contributed by atoms with Crippen molar-refractivity contribution < 1.29 is 9.53 Å². The number of nitrogens with two attached hydrogens (primary N) is 1. The Morgan fingerprint density at radius 1 is 1.60 bits per heavy atom. The van der Waals surface area contributed by atoms with Crippen LogP contribution in [0.5, 0.6) is 0 Å². The standard InChI is InChI=1S/C7H15NO2/c1-6(2)10-5-3-4-7(8)9/h6H,3-5H2,1-2H3,(H2,8,9). The maximum absolute atomic E-state index is 10.2. The van der Waals surface area contributed by atoms with Crippen LogP contribution in [0.3, 0.4) is 0 Å². The third kappa shape index (κ3) is 7.43. The van der Waals surface area contributed by atoms with Crippen LogP contribution in [0.4, 0.5) is 0 Å². The summed E-state index contributed by atoms with van der Waals surface area (Å²) in [6, 6.07) is 0. The molecule has 0 rings (SSSR count). The predicted molar refractivity (Wildman–Crippen MR) is 39.5 cm³/mol. The van der Waals surface area contributed by atoms with Gasteiger partial charge in [0.25, 0.3) is 0 Å². The van der Waals surface area contributed by atoms with Crippen LogP contribution in [0.2, 0.25) is 0 Å². The molecule has 0 aromatic rings. The van der Waals surface area contributed by atoms with Gasteiger partial charge >= 0.3 is 0 Å². The Bertz CT molecular complexity index is 102. The minimum Gasteiger partial charge on any atom is -0.379 e. The Hall–Kier alpha value is -0.570. The SMILES string of the molecule is CC(C)OCCCC(N)=O. The van der Waals surface area contributed by atoms with Crippen molar-refractivity contribution in [1.29, 1.82) is 0 Å². The second-order valence-corrected chi connectivity index (χ2v) is 2.49. The molecule has 0 heterocycles. The summed E-state index contributed by atoms with van der Waals surface area (Å²) in [5.41, 5.74) is 4.91. The molecular formula is C7H15NO2. The molecule has 0 aliphatic carbocycles. The van der Waals surface area contributed by atoms with Crippen molar-refractivity contribution in [2.75, 3.05) is 6.61 Å². The topological polar surface area (TPSA) is 52.3 Å². The van der Waals surface area contributed by atoms with Crippen molar-refractivity contribution in [3.63, 3.8) is 0 Å². The quantitative estimate of drug-likeness (QED) is 0.578. The van der Waals surface area contributed by atoms with Crippen molar-refractivity contribution in [2.24, 2.45) is 5.73 Å². The lowest BCUT2D eigenvalue weighted by Gasteiger charge is -2.05. The van der Waals surface area contributed by atoms with Crippen LogP contribution < -0.4 is 5.73 Å². The summed E-state index contributed by atoms with van der Waals surface area (Å²) in [4.78, 5) is 10.2. The molecule has 3 heteroatoms. The second-order valence-electron chi connectivity index (χ2n) is 2.49. The number of hydrogen-bond donors (Lipinski definition) is 1. The summed E-state index contributed by atoms with van der Waals surface area (Å²) in [7, 11) is 0. The van der Waals surface area contributed by atoms with Crippen LogP contribution in [0.25, 0.3) is 0 Å². The molecule has 10 heavy (non-hydrogen) atoms. The van der Waals surface area contributed by atoms with Crippen molar-refractivity contribution in [3.05, 3.63) is 0 Å². The van der Waals surface area contributed by atoms with Crippen LogP contribution in [-0.4, -0.2) is 18.6 Å². The van der Waals surface area contributed by atoms with Crippen LogP contribution in [0.15, 0.2) is 0 Å². The van der Waals surface area contributed by atoms with E-state index in [1.54, 1.807) is 0 Å². The van der Waals surface area contributed by atoms with Gasteiger partial charge in [-0.1, -0.05) is 0 Å². The van der Waals surface area contributed by atoms with Crippen LogP contribution in [0.1, 0.15) is 26.7 Å². The van der Waals surface area contributed by atoms with Gasteiger partial charge in [0, 0.05) is 13.0 Å². The fraction of sp³-hybridized carbons (Fsp3) is 0.857. The van der Waals surface area contributed by atoms with E-state index < -0.39 is 0 Å². The Morgan fingerprint density at radius 2 is 2.20 bits per heavy atom. The second kappa shape index (κ2) is 5.23. The summed E-state index contributed by atoms with van der Waals surface area (Å²) in [6.07, 6.45) is 1.40. The summed E-state index contributed by atoms with van der Waals surface area (Å²) in [5, 5.41) is 0. The van der Waals surface area contributed by atoms with Gasteiger partial charge in [-0.25, -0.2) is 0 Å². The van der Waals surface area contributed by atoms with Crippen molar-refractivity contribution in [1.82, 2.24) is 0 Å². The first kappa shape index (κ1) is 9.43. The largest absolute Gasteiger partial charge is 0.379 e. The van der Waals surface area contributed by atoms with E-state index in [4.69, 9.17) is 10.5 Å². The van der Waals surface area contributed by atoms with Gasteiger partial charge < -0.3 is 10.5 Å². The van der Waals surface area contributed by atoms with Gasteiger partial charge in [-0.3, -0.25) is 4.79 Å². The molecule has 0 spiro atoms. The molecule has 1 amide bonds. The van der Waals surface area contributed by atoms with E-state index in [-0.39, 0.29) is 12.0 Å². The van der Waals surface area contributed by atoms with E-state index in [2.05, 4.69) is 0 Å². The Balaban J connectivity index is 2.98.